The van der Waals surface area contributed by atoms with Crippen LogP contribution in [0, 0.1) is 0 Å². The molecule has 10 heteroatoms. The molecule has 3 heterocycles. The zero-order valence-corrected chi connectivity index (χ0v) is 14.8. The molecule has 3 rings (SSSR count). The van der Waals surface area contributed by atoms with Gasteiger partial charge in [-0.1, -0.05) is 11.3 Å². The smallest absolute Gasteiger partial charge is 0.276 e. The number of nitrogens with one attached hydrogen (secondary N) is 1. The average molecular weight is 361 g/mol. The number of amides is 1. The molecule has 0 aliphatic rings. The van der Waals surface area contributed by atoms with Gasteiger partial charge in [0.05, 0.1) is 0 Å². The molecule has 1 amide bonds. The molecule has 0 spiro atoms. The zero-order chi connectivity index (χ0) is 16.9. The van der Waals surface area contributed by atoms with E-state index in [1.165, 1.54) is 22.7 Å². The fourth-order valence-corrected chi connectivity index (χ4v) is 3.24. The van der Waals surface area contributed by atoms with E-state index in [0.29, 0.717) is 21.7 Å². The summed E-state index contributed by atoms with van der Waals surface area (Å²) in [6, 6.07) is 1.73. The number of aromatic nitrogens is 5. The van der Waals surface area contributed by atoms with Crippen LogP contribution in [-0.4, -0.2) is 56.6 Å². The Hall–Kier alpha value is -2.30. The van der Waals surface area contributed by atoms with Crippen molar-refractivity contribution < 1.29 is 4.79 Å². The van der Waals surface area contributed by atoms with Gasteiger partial charge in [-0.25, -0.2) is 15.0 Å². The lowest BCUT2D eigenvalue weighted by Crippen LogP contribution is -2.14. The summed E-state index contributed by atoms with van der Waals surface area (Å²) >= 11 is 2.69. The van der Waals surface area contributed by atoms with Crippen LogP contribution in [0.25, 0.3) is 10.8 Å². The number of hydrogen-bond donors (Lipinski definition) is 1. The third kappa shape index (κ3) is 4.16. The van der Waals surface area contributed by atoms with Gasteiger partial charge in [0.15, 0.2) is 10.8 Å². The highest BCUT2D eigenvalue weighted by Crippen LogP contribution is 2.21. The maximum absolute atomic E-state index is 12.3. The standard InChI is InChI=1S/C14H15N7OS2/c1-21(2)7-4-10-19-20-14(24-10)18-12(22)9-8-23-13(17-9)11-15-5-3-6-16-11/h3,5-6,8H,4,7H2,1-2H3,(H,18,20,22). The van der Waals surface area contributed by atoms with Crippen LogP contribution < -0.4 is 5.32 Å². The van der Waals surface area contributed by atoms with Gasteiger partial charge in [0, 0.05) is 30.7 Å². The molecule has 0 atom stereocenters. The molecule has 3 aromatic heterocycles. The monoisotopic (exact) mass is 361 g/mol. The fourth-order valence-electron chi connectivity index (χ4n) is 1.78. The van der Waals surface area contributed by atoms with Crippen molar-refractivity contribution in [3.8, 4) is 10.8 Å². The van der Waals surface area contributed by atoms with Crippen molar-refractivity contribution in [3.05, 3.63) is 34.5 Å². The maximum atomic E-state index is 12.3. The Morgan fingerprint density at radius 3 is 2.79 bits per heavy atom. The molecule has 0 saturated heterocycles. The summed E-state index contributed by atoms with van der Waals surface area (Å²) < 4.78 is 0. The van der Waals surface area contributed by atoms with E-state index in [0.717, 1.165) is 18.0 Å². The zero-order valence-electron chi connectivity index (χ0n) is 13.1. The van der Waals surface area contributed by atoms with Crippen molar-refractivity contribution in [2.45, 2.75) is 6.42 Å². The van der Waals surface area contributed by atoms with E-state index in [1.807, 2.05) is 14.1 Å². The average Bonchev–Trinajstić information content (AvgIpc) is 3.23. The first kappa shape index (κ1) is 16.6. The molecule has 0 bridgehead atoms. The summed E-state index contributed by atoms with van der Waals surface area (Å²) in [4.78, 5) is 26.9. The number of carbonyl (C=O) groups is 1. The van der Waals surface area contributed by atoms with Crippen molar-refractivity contribution >= 4 is 33.7 Å². The molecule has 1 N–H and O–H groups in total. The second kappa shape index (κ2) is 7.51. The van der Waals surface area contributed by atoms with Gasteiger partial charge in [-0.2, -0.15) is 0 Å². The van der Waals surface area contributed by atoms with E-state index < -0.39 is 0 Å². The number of thiazole rings is 1. The maximum Gasteiger partial charge on any atom is 0.276 e. The number of hydrogen-bond acceptors (Lipinski definition) is 9. The molecule has 124 valence electrons. The lowest BCUT2D eigenvalue weighted by molar-refractivity contribution is 0.102. The summed E-state index contributed by atoms with van der Waals surface area (Å²) in [5.74, 6) is 0.187. The van der Waals surface area contributed by atoms with Gasteiger partial charge < -0.3 is 4.90 Å². The number of nitrogens with zero attached hydrogens (tertiary/aromatic N) is 6. The number of anilines is 1. The number of likely N-dealkylation sites (N-methyl/N-ethyl adjacent to an activating group) is 1. The van der Waals surface area contributed by atoms with Crippen LogP contribution >= 0.6 is 22.7 Å². The summed E-state index contributed by atoms with van der Waals surface area (Å²) in [6.07, 6.45) is 4.08. The van der Waals surface area contributed by atoms with Crippen LogP contribution in [0.1, 0.15) is 15.5 Å². The normalized spacial score (nSPS) is 11.0. The second-order valence-corrected chi connectivity index (χ2v) is 7.04. The van der Waals surface area contributed by atoms with E-state index in [4.69, 9.17) is 0 Å². The predicted molar refractivity (Wildman–Crippen MR) is 93.3 cm³/mol. The van der Waals surface area contributed by atoms with Crippen LogP contribution in [0.15, 0.2) is 23.8 Å². The molecule has 8 nitrogen and oxygen atoms in total. The molecule has 0 aromatic carbocycles. The number of carbonyl (C=O) groups excluding carboxylic acids is 1. The van der Waals surface area contributed by atoms with Crippen LogP contribution in [0.4, 0.5) is 5.13 Å². The Balaban J connectivity index is 1.64. The van der Waals surface area contributed by atoms with Crippen molar-refractivity contribution in [2.24, 2.45) is 0 Å². The van der Waals surface area contributed by atoms with Gasteiger partial charge in [0.1, 0.15) is 10.7 Å². The Bertz CT molecular complexity index is 815. The van der Waals surface area contributed by atoms with Crippen molar-refractivity contribution in [3.63, 3.8) is 0 Å². The highest BCUT2D eigenvalue weighted by atomic mass is 32.1. The van der Waals surface area contributed by atoms with E-state index in [9.17, 15) is 4.79 Å². The second-order valence-electron chi connectivity index (χ2n) is 5.12. The summed E-state index contributed by atoms with van der Waals surface area (Å²) in [5, 5.41) is 14.4. The first-order valence-electron chi connectivity index (χ1n) is 7.13. The molecular weight excluding hydrogens is 346 g/mol. The van der Waals surface area contributed by atoms with E-state index in [-0.39, 0.29) is 5.91 Å². The van der Waals surface area contributed by atoms with Gasteiger partial charge in [0.2, 0.25) is 5.13 Å². The highest BCUT2D eigenvalue weighted by Gasteiger charge is 2.15. The Kier molecular flexibility index (Phi) is 5.18. The molecule has 0 fully saturated rings. The van der Waals surface area contributed by atoms with Gasteiger partial charge >= 0.3 is 0 Å². The third-order valence-electron chi connectivity index (χ3n) is 2.95. The van der Waals surface area contributed by atoms with Crippen LogP contribution in [0.3, 0.4) is 0 Å². The fraction of sp³-hybridized carbons (Fsp3) is 0.286. The molecule has 0 saturated carbocycles. The molecule has 0 aliphatic carbocycles. The SMILES string of the molecule is CN(C)CCc1nnc(NC(=O)c2csc(-c3ncccn3)n2)s1. The molecule has 0 aliphatic heterocycles. The molecule has 0 unspecified atom stereocenters. The summed E-state index contributed by atoms with van der Waals surface area (Å²) in [7, 11) is 4.00. The topological polar surface area (TPSA) is 96.8 Å². The van der Waals surface area contributed by atoms with E-state index >= 15 is 0 Å². The minimum atomic E-state index is -0.316. The highest BCUT2D eigenvalue weighted by molar-refractivity contribution is 7.15. The number of rotatable bonds is 6. The quantitative estimate of drug-likeness (QED) is 0.715. The summed E-state index contributed by atoms with van der Waals surface area (Å²) in [5.41, 5.74) is 0.312. The molecular formula is C14H15N7OS2. The van der Waals surface area contributed by atoms with E-state index in [2.05, 4.69) is 35.4 Å². The van der Waals surface area contributed by atoms with Crippen LogP contribution in [0.2, 0.25) is 0 Å². The minimum absolute atomic E-state index is 0.312. The van der Waals surface area contributed by atoms with Crippen LogP contribution in [-0.2, 0) is 6.42 Å². The predicted octanol–water partition coefficient (Wildman–Crippen LogP) is 1.81. The Morgan fingerprint density at radius 2 is 2.04 bits per heavy atom. The van der Waals surface area contributed by atoms with Crippen molar-refractivity contribution in [1.82, 2.24) is 30.0 Å². The minimum Gasteiger partial charge on any atom is -0.309 e. The molecule has 3 aromatic rings. The van der Waals surface area contributed by atoms with Gasteiger partial charge in [-0.05, 0) is 20.2 Å². The van der Waals surface area contributed by atoms with E-state index in [1.54, 1.807) is 23.8 Å². The van der Waals surface area contributed by atoms with Gasteiger partial charge in [-0.15, -0.1) is 21.5 Å². The molecule has 24 heavy (non-hydrogen) atoms. The van der Waals surface area contributed by atoms with Crippen LogP contribution in [0.5, 0.6) is 0 Å². The lowest BCUT2D eigenvalue weighted by atomic mass is 10.4. The van der Waals surface area contributed by atoms with Crippen molar-refractivity contribution in [1.29, 1.82) is 0 Å². The first-order chi connectivity index (χ1) is 11.6. The molecule has 0 radical (unpaired) electrons. The Morgan fingerprint density at radius 1 is 1.25 bits per heavy atom. The first-order valence-corrected chi connectivity index (χ1v) is 8.83. The Labute approximate surface area is 146 Å². The largest absolute Gasteiger partial charge is 0.309 e. The third-order valence-corrected chi connectivity index (χ3v) is 4.69. The lowest BCUT2D eigenvalue weighted by Gasteiger charge is -2.05. The summed E-state index contributed by atoms with van der Waals surface area (Å²) in [6.45, 7) is 0.884. The van der Waals surface area contributed by atoms with Crippen molar-refractivity contribution in [2.75, 3.05) is 26.0 Å². The van der Waals surface area contributed by atoms with Gasteiger partial charge in [-0.3, -0.25) is 10.1 Å². The van der Waals surface area contributed by atoms with Gasteiger partial charge in [0.25, 0.3) is 5.91 Å².